The van der Waals surface area contributed by atoms with Gasteiger partial charge in [-0.15, -0.1) is 0 Å². The van der Waals surface area contributed by atoms with E-state index in [1.807, 2.05) is 36.4 Å². The van der Waals surface area contributed by atoms with Crippen LogP contribution in [0.2, 0.25) is 0 Å². The van der Waals surface area contributed by atoms with Gasteiger partial charge in [-0.05, 0) is 25.1 Å². The van der Waals surface area contributed by atoms with Crippen molar-refractivity contribution < 1.29 is 14.3 Å². The highest BCUT2D eigenvalue weighted by atomic mass is 16.4. The number of fused-ring (bicyclic) bond motifs is 1. The lowest BCUT2D eigenvalue weighted by molar-refractivity contribution is -0.138. The first kappa shape index (κ1) is 12.4. The van der Waals surface area contributed by atoms with Gasteiger partial charge >= 0.3 is 5.97 Å². The molecule has 0 aliphatic heterocycles. The number of oxazole rings is 1. The van der Waals surface area contributed by atoms with E-state index in [2.05, 4.69) is 4.98 Å². The van der Waals surface area contributed by atoms with Gasteiger partial charge in [-0.25, -0.2) is 4.98 Å². The molecule has 4 nitrogen and oxygen atoms in total. The molecule has 4 heteroatoms. The summed E-state index contributed by atoms with van der Waals surface area (Å²) in [6.07, 6.45) is 0. The highest BCUT2D eigenvalue weighted by molar-refractivity contribution is 5.86. The van der Waals surface area contributed by atoms with E-state index >= 15 is 0 Å². The topological polar surface area (TPSA) is 63.3 Å². The van der Waals surface area contributed by atoms with Crippen LogP contribution >= 0.6 is 0 Å². The van der Waals surface area contributed by atoms with Crippen molar-refractivity contribution in [2.24, 2.45) is 0 Å². The van der Waals surface area contributed by atoms with E-state index in [1.165, 1.54) is 0 Å². The Balaban J connectivity index is 2.17. The maximum Gasteiger partial charge on any atom is 0.310 e. The van der Waals surface area contributed by atoms with Crippen LogP contribution in [0.4, 0.5) is 0 Å². The molecule has 0 saturated heterocycles. The first-order valence-corrected chi connectivity index (χ1v) is 6.34. The lowest BCUT2D eigenvalue weighted by atomic mass is 10.0. The Kier molecular flexibility index (Phi) is 2.99. The van der Waals surface area contributed by atoms with Crippen LogP contribution in [0.3, 0.4) is 0 Å². The third-order valence-corrected chi connectivity index (χ3v) is 3.30. The van der Waals surface area contributed by atoms with Crippen LogP contribution in [0.1, 0.15) is 18.4 Å². The molecule has 0 radical (unpaired) electrons. The maximum absolute atomic E-state index is 11.2. The molecule has 20 heavy (non-hydrogen) atoms. The van der Waals surface area contributed by atoms with Crippen LogP contribution in [0.15, 0.2) is 52.9 Å². The van der Waals surface area contributed by atoms with E-state index in [0.717, 1.165) is 5.56 Å². The van der Waals surface area contributed by atoms with Crippen LogP contribution in [-0.4, -0.2) is 16.1 Å². The predicted molar refractivity (Wildman–Crippen MR) is 75.5 cm³/mol. The highest BCUT2D eigenvalue weighted by Crippen LogP contribution is 2.30. The zero-order chi connectivity index (χ0) is 14.1. The van der Waals surface area contributed by atoms with Crippen molar-refractivity contribution in [1.82, 2.24) is 4.98 Å². The van der Waals surface area contributed by atoms with E-state index < -0.39 is 11.9 Å². The molecule has 0 spiro atoms. The van der Waals surface area contributed by atoms with Crippen LogP contribution in [0, 0.1) is 0 Å². The molecule has 1 atom stereocenters. The second-order valence-electron chi connectivity index (χ2n) is 4.64. The molecule has 2 aromatic carbocycles. The van der Waals surface area contributed by atoms with Gasteiger partial charge in [-0.2, -0.15) is 0 Å². The first-order chi connectivity index (χ1) is 9.66. The number of aliphatic carboxylic acids is 1. The fourth-order valence-electron chi connectivity index (χ4n) is 2.15. The number of benzene rings is 2. The molecule has 3 rings (SSSR count). The first-order valence-electron chi connectivity index (χ1n) is 6.34. The summed E-state index contributed by atoms with van der Waals surface area (Å²) in [6.45, 7) is 1.64. The van der Waals surface area contributed by atoms with Gasteiger partial charge in [0.05, 0.1) is 5.92 Å². The molecule has 100 valence electrons. The quantitative estimate of drug-likeness (QED) is 0.786. The van der Waals surface area contributed by atoms with Gasteiger partial charge in [0.1, 0.15) is 5.52 Å². The number of carbonyl (C=O) groups is 1. The van der Waals surface area contributed by atoms with Gasteiger partial charge in [-0.1, -0.05) is 30.3 Å². The summed E-state index contributed by atoms with van der Waals surface area (Å²) in [6, 6.07) is 14.9. The summed E-state index contributed by atoms with van der Waals surface area (Å²) in [5.41, 5.74) is 2.73. The van der Waals surface area contributed by atoms with Crippen LogP contribution < -0.4 is 0 Å². The fourth-order valence-corrected chi connectivity index (χ4v) is 2.15. The molecule has 0 saturated carbocycles. The summed E-state index contributed by atoms with van der Waals surface area (Å²) in [5, 5.41) is 9.16. The van der Waals surface area contributed by atoms with Crippen molar-refractivity contribution in [3.8, 4) is 11.5 Å². The SMILES string of the molecule is C[C@H](C(=O)O)c1cccc2nc(-c3ccccc3)oc12. The number of hydrogen-bond donors (Lipinski definition) is 1. The zero-order valence-electron chi connectivity index (χ0n) is 10.9. The summed E-state index contributed by atoms with van der Waals surface area (Å²) < 4.78 is 5.78. The average molecular weight is 267 g/mol. The molecule has 1 heterocycles. The second kappa shape index (κ2) is 4.81. The summed E-state index contributed by atoms with van der Waals surface area (Å²) in [7, 11) is 0. The number of nitrogens with zero attached hydrogens (tertiary/aromatic N) is 1. The third kappa shape index (κ3) is 2.05. The van der Waals surface area contributed by atoms with Gasteiger partial charge in [-0.3, -0.25) is 4.79 Å². The Hall–Kier alpha value is -2.62. The number of carboxylic acid groups (broad SMARTS) is 1. The van der Waals surface area contributed by atoms with Crippen molar-refractivity contribution in [2.75, 3.05) is 0 Å². The predicted octanol–water partition coefficient (Wildman–Crippen LogP) is 3.68. The Morgan fingerprint density at radius 3 is 2.60 bits per heavy atom. The number of hydrogen-bond acceptors (Lipinski definition) is 3. The van der Waals surface area contributed by atoms with E-state index in [0.29, 0.717) is 22.6 Å². The minimum Gasteiger partial charge on any atom is -0.481 e. The van der Waals surface area contributed by atoms with Crippen molar-refractivity contribution in [1.29, 1.82) is 0 Å². The van der Waals surface area contributed by atoms with Crippen LogP contribution in [0.5, 0.6) is 0 Å². The number of rotatable bonds is 3. The molecule has 1 aromatic heterocycles. The summed E-state index contributed by atoms with van der Waals surface area (Å²) >= 11 is 0. The minimum absolute atomic E-state index is 0.505. The van der Waals surface area contributed by atoms with E-state index in [1.54, 1.807) is 19.1 Å². The van der Waals surface area contributed by atoms with Crippen LogP contribution in [-0.2, 0) is 4.79 Å². The standard InChI is InChI=1S/C16H13NO3/c1-10(16(18)19)12-8-5-9-13-14(12)20-15(17-13)11-6-3-2-4-7-11/h2-10H,1H3,(H,18,19)/t10-/m0/s1. The third-order valence-electron chi connectivity index (χ3n) is 3.30. The van der Waals surface area contributed by atoms with Crippen molar-refractivity contribution in [2.45, 2.75) is 12.8 Å². The van der Waals surface area contributed by atoms with Gasteiger partial charge < -0.3 is 9.52 Å². The average Bonchev–Trinajstić information content (AvgIpc) is 2.91. The molecule has 0 aliphatic rings. The van der Waals surface area contributed by atoms with E-state index in [9.17, 15) is 4.79 Å². The highest BCUT2D eigenvalue weighted by Gasteiger charge is 2.20. The van der Waals surface area contributed by atoms with E-state index in [4.69, 9.17) is 9.52 Å². The van der Waals surface area contributed by atoms with E-state index in [-0.39, 0.29) is 0 Å². The van der Waals surface area contributed by atoms with Gasteiger partial charge in [0.25, 0.3) is 0 Å². The second-order valence-corrected chi connectivity index (χ2v) is 4.64. The molecule has 0 aliphatic carbocycles. The fraction of sp³-hybridized carbons (Fsp3) is 0.125. The van der Waals surface area contributed by atoms with Crippen molar-refractivity contribution in [3.63, 3.8) is 0 Å². The number of para-hydroxylation sites is 1. The minimum atomic E-state index is -0.879. The smallest absolute Gasteiger partial charge is 0.310 e. The normalized spacial score (nSPS) is 12.4. The van der Waals surface area contributed by atoms with Crippen molar-refractivity contribution >= 4 is 17.1 Å². The molecular formula is C16H13NO3. The Labute approximate surface area is 115 Å². The Morgan fingerprint density at radius 2 is 1.90 bits per heavy atom. The molecule has 0 amide bonds. The molecule has 3 aromatic rings. The van der Waals surface area contributed by atoms with Gasteiger partial charge in [0.15, 0.2) is 5.58 Å². The monoisotopic (exact) mass is 267 g/mol. The largest absolute Gasteiger partial charge is 0.481 e. The molecule has 0 fully saturated rings. The molecular weight excluding hydrogens is 254 g/mol. The zero-order valence-corrected chi connectivity index (χ0v) is 10.9. The summed E-state index contributed by atoms with van der Waals surface area (Å²) in [5.74, 6) is -1.00. The number of carboxylic acids is 1. The number of aromatic nitrogens is 1. The Bertz CT molecular complexity index is 762. The molecule has 0 unspecified atom stereocenters. The van der Waals surface area contributed by atoms with Gasteiger partial charge in [0, 0.05) is 11.1 Å². The molecule has 1 N–H and O–H groups in total. The lowest BCUT2D eigenvalue weighted by Crippen LogP contribution is -2.07. The van der Waals surface area contributed by atoms with Gasteiger partial charge in [0.2, 0.25) is 5.89 Å². The van der Waals surface area contributed by atoms with Crippen molar-refractivity contribution in [3.05, 3.63) is 54.1 Å². The summed E-state index contributed by atoms with van der Waals surface area (Å²) in [4.78, 5) is 15.6. The molecule has 0 bridgehead atoms. The lowest BCUT2D eigenvalue weighted by Gasteiger charge is -2.05. The Morgan fingerprint density at radius 1 is 1.15 bits per heavy atom. The van der Waals surface area contributed by atoms with Crippen LogP contribution in [0.25, 0.3) is 22.6 Å². The maximum atomic E-state index is 11.2.